The van der Waals surface area contributed by atoms with Crippen LogP contribution in [0.2, 0.25) is 10.0 Å². The van der Waals surface area contributed by atoms with Crippen LogP contribution in [0, 0.1) is 12.8 Å². The van der Waals surface area contributed by atoms with E-state index in [1.807, 2.05) is 13.0 Å². The number of ether oxygens (including phenoxy) is 1. The van der Waals surface area contributed by atoms with Gasteiger partial charge >= 0.3 is 0 Å². The molecule has 2 atom stereocenters. The van der Waals surface area contributed by atoms with Gasteiger partial charge < -0.3 is 14.7 Å². The zero-order valence-electron chi connectivity index (χ0n) is 13.7. The molecule has 1 aliphatic rings. The molecule has 0 saturated carbocycles. The Bertz CT molecular complexity index is 765. The predicted molar refractivity (Wildman–Crippen MR) is 95.1 cm³/mol. The number of aliphatic hydroxyl groups excluding tert-OH is 1. The number of hydrogen-bond donors (Lipinski definition) is 2. The molecule has 1 fully saturated rings. The van der Waals surface area contributed by atoms with Crippen LogP contribution < -0.4 is 4.74 Å². The third kappa shape index (κ3) is 4.45. The van der Waals surface area contributed by atoms with Crippen LogP contribution in [0.1, 0.15) is 11.4 Å². The minimum absolute atomic E-state index is 0.0309. The average molecular weight is 384 g/mol. The first-order valence-corrected chi connectivity index (χ1v) is 8.72. The Morgan fingerprint density at radius 3 is 2.84 bits per heavy atom. The Kier molecular flexibility index (Phi) is 5.51. The molecule has 3 rings (SSSR count). The highest BCUT2D eigenvalue weighted by molar-refractivity contribution is 6.42. The quantitative estimate of drug-likeness (QED) is 0.830. The molecule has 1 aromatic carbocycles. The van der Waals surface area contributed by atoms with Gasteiger partial charge in [0.15, 0.2) is 6.61 Å². The summed E-state index contributed by atoms with van der Waals surface area (Å²) >= 11 is 11.8. The second-order valence-corrected chi connectivity index (χ2v) is 7.05. The van der Waals surface area contributed by atoms with Crippen LogP contribution in [-0.2, 0) is 11.2 Å². The number of hydrogen-bond acceptors (Lipinski definition) is 4. The summed E-state index contributed by atoms with van der Waals surface area (Å²) in [7, 11) is 0. The lowest BCUT2D eigenvalue weighted by atomic mass is 10.0. The van der Waals surface area contributed by atoms with Gasteiger partial charge in [-0.15, -0.1) is 0 Å². The van der Waals surface area contributed by atoms with Gasteiger partial charge in [0.05, 0.1) is 21.8 Å². The van der Waals surface area contributed by atoms with Gasteiger partial charge in [0, 0.05) is 30.8 Å². The number of β-amino-alcohol motifs (C(OH)–C–C–N with tert-alkyl or cyclic N) is 1. The van der Waals surface area contributed by atoms with Gasteiger partial charge in [-0.25, -0.2) is 0 Å². The number of carbonyl (C=O) groups excluding carboxylic acids is 1. The predicted octanol–water partition coefficient (Wildman–Crippen LogP) is 2.47. The Balaban J connectivity index is 1.53. The van der Waals surface area contributed by atoms with E-state index in [1.165, 1.54) is 0 Å². The first-order chi connectivity index (χ1) is 11.9. The third-order valence-electron chi connectivity index (χ3n) is 4.24. The number of aliphatic hydroxyl groups is 1. The maximum absolute atomic E-state index is 12.3. The number of rotatable bonds is 5. The van der Waals surface area contributed by atoms with E-state index in [4.69, 9.17) is 27.9 Å². The summed E-state index contributed by atoms with van der Waals surface area (Å²) in [5.41, 5.74) is 1.87. The monoisotopic (exact) mass is 383 g/mol. The summed E-state index contributed by atoms with van der Waals surface area (Å²) in [4.78, 5) is 13.9. The molecule has 6 nitrogen and oxygen atoms in total. The van der Waals surface area contributed by atoms with Crippen molar-refractivity contribution in [3.63, 3.8) is 0 Å². The molecular weight excluding hydrogens is 365 g/mol. The number of aromatic nitrogens is 2. The fourth-order valence-electron chi connectivity index (χ4n) is 2.91. The lowest BCUT2D eigenvalue weighted by Crippen LogP contribution is -2.33. The second-order valence-electron chi connectivity index (χ2n) is 6.24. The van der Waals surface area contributed by atoms with E-state index in [2.05, 4.69) is 10.2 Å². The number of nitrogens with one attached hydrogen (secondary N) is 1. The molecule has 0 unspecified atom stereocenters. The molecule has 0 radical (unpaired) electrons. The number of amides is 1. The SMILES string of the molecule is Cc1cc(C[C@@H]2CN(C(=O)COc3ccc(Cl)c(Cl)c3)C[C@H]2O)n[nH]1. The number of H-pyrrole nitrogens is 1. The Hall–Kier alpha value is -1.76. The van der Waals surface area contributed by atoms with Crippen LogP contribution in [-0.4, -0.2) is 51.9 Å². The first kappa shape index (κ1) is 18.0. The molecule has 25 heavy (non-hydrogen) atoms. The van der Waals surface area contributed by atoms with Gasteiger partial charge in [-0.05, 0) is 31.5 Å². The van der Waals surface area contributed by atoms with Gasteiger partial charge in [-0.1, -0.05) is 23.2 Å². The van der Waals surface area contributed by atoms with E-state index in [0.29, 0.717) is 35.3 Å². The Morgan fingerprint density at radius 2 is 2.16 bits per heavy atom. The lowest BCUT2D eigenvalue weighted by molar-refractivity contribution is -0.132. The normalized spacial score (nSPS) is 20.1. The number of aryl methyl sites for hydroxylation is 1. The standard InChI is InChI=1S/C17H19Cl2N3O3/c1-10-4-12(21-20-10)5-11-7-22(8-16(11)23)17(24)9-25-13-2-3-14(18)15(19)6-13/h2-4,6,11,16,23H,5,7-9H2,1H3,(H,20,21)/t11-,16-/m1/s1. The van der Waals surface area contributed by atoms with Crippen molar-refractivity contribution in [1.29, 1.82) is 0 Å². The minimum Gasteiger partial charge on any atom is -0.484 e. The van der Waals surface area contributed by atoms with E-state index in [0.717, 1.165) is 11.4 Å². The molecule has 0 bridgehead atoms. The molecule has 8 heteroatoms. The van der Waals surface area contributed by atoms with Crippen molar-refractivity contribution in [2.24, 2.45) is 5.92 Å². The average Bonchev–Trinajstić information content (AvgIpc) is 3.15. The van der Waals surface area contributed by atoms with Crippen LogP contribution in [0.15, 0.2) is 24.3 Å². The topological polar surface area (TPSA) is 78.5 Å². The number of benzene rings is 1. The number of halogens is 2. The van der Waals surface area contributed by atoms with Crippen molar-refractivity contribution >= 4 is 29.1 Å². The largest absolute Gasteiger partial charge is 0.484 e. The smallest absolute Gasteiger partial charge is 0.260 e. The highest BCUT2D eigenvalue weighted by atomic mass is 35.5. The molecular formula is C17H19Cl2N3O3. The fraction of sp³-hybridized carbons (Fsp3) is 0.412. The van der Waals surface area contributed by atoms with Crippen LogP contribution in [0.5, 0.6) is 5.75 Å². The van der Waals surface area contributed by atoms with E-state index in [1.54, 1.807) is 23.1 Å². The maximum atomic E-state index is 12.3. The lowest BCUT2D eigenvalue weighted by Gasteiger charge is -2.16. The summed E-state index contributed by atoms with van der Waals surface area (Å²) < 4.78 is 5.47. The van der Waals surface area contributed by atoms with Crippen molar-refractivity contribution < 1.29 is 14.6 Å². The number of likely N-dealkylation sites (tertiary alicyclic amines) is 1. The Morgan fingerprint density at radius 1 is 1.36 bits per heavy atom. The van der Waals surface area contributed by atoms with Gasteiger partial charge in [-0.3, -0.25) is 9.89 Å². The molecule has 1 aromatic heterocycles. The first-order valence-electron chi connectivity index (χ1n) is 7.97. The number of carbonyl (C=O) groups is 1. The summed E-state index contributed by atoms with van der Waals surface area (Å²) in [6.07, 6.45) is 0.0640. The second kappa shape index (κ2) is 7.64. The van der Waals surface area contributed by atoms with E-state index in [-0.39, 0.29) is 18.4 Å². The third-order valence-corrected chi connectivity index (χ3v) is 4.98. The zero-order chi connectivity index (χ0) is 18.0. The van der Waals surface area contributed by atoms with Crippen molar-refractivity contribution in [1.82, 2.24) is 15.1 Å². The van der Waals surface area contributed by atoms with Gasteiger partial charge in [-0.2, -0.15) is 5.10 Å². The van der Waals surface area contributed by atoms with Gasteiger partial charge in [0.25, 0.3) is 5.91 Å². The summed E-state index contributed by atoms with van der Waals surface area (Å²) in [6, 6.07) is 6.79. The van der Waals surface area contributed by atoms with E-state index >= 15 is 0 Å². The zero-order valence-corrected chi connectivity index (χ0v) is 15.2. The van der Waals surface area contributed by atoms with E-state index in [9.17, 15) is 9.90 Å². The molecule has 2 N–H and O–H groups in total. The van der Waals surface area contributed by atoms with Crippen LogP contribution >= 0.6 is 23.2 Å². The highest BCUT2D eigenvalue weighted by Gasteiger charge is 2.34. The molecule has 134 valence electrons. The summed E-state index contributed by atoms with van der Waals surface area (Å²) in [6.45, 7) is 2.60. The van der Waals surface area contributed by atoms with Crippen molar-refractivity contribution in [3.05, 3.63) is 45.7 Å². The van der Waals surface area contributed by atoms with Crippen molar-refractivity contribution in [2.45, 2.75) is 19.4 Å². The molecule has 0 aliphatic carbocycles. The van der Waals surface area contributed by atoms with Gasteiger partial charge in [0.2, 0.25) is 0 Å². The summed E-state index contributed by atoms with van der Waals surface area (Å²) in [5, 5.41) is 18.1. The molecule has 1 aliphatic heterocycles. The Labute approximate surface area is 155 Å². The van der Waals surface area contributed by atoms with Crippen molar-refractivity contribution in [3.8, 4) is 5.75 Å². The fourth-order valence-corrected chi connectivity index (χ4v) is 3.20. The maximum Gasteiger partial charge on any atom is 0.260 e. The van der Waals surface area contributed by atoms with Crippen LogP contribution in [0.3, 0.4) is 0 Å². The summed E-state index contributed by atoms with van der Waals surface area (Å²) in [5.74, 6) is 0.272. The van der Waals surface area contributed by atoms with Crippen LogP contribution in [0.25, 0.3) is 0 Å². The van der Waals surface area contributed by atoms with Gasteiger partial charge in [0.1, 0.15) is 5.75 Å². The molecule has 0 spiro atoms. The molecule has 2 heterocycles. The van der Waals surface area contributed by atoms with Crippen molar-refractivity contribution in [2.75, 3.05) is 19.7 Å². The molecule has 1 saturated heterocycles. The number of aromatic amines is 1. The highest BCUT2D eigenvalue weighted by Crippen LogP contribution is 2.26. The minimum atomic E-state index is -0.564. The molecule has 2 aromatic rings. The number of nitrogens with zero attached hydrogens (tertiary/aromatic N) is 2. The van der Waals surface area contributed by atoms with Crippen LogP contribution in [0.4, 0.5) is 0 Å². The van der Waals surface area contributed by atoms with E-state index < -0.39 is 6.10 Å². The molecule has 1 amide bonds.